The molecule has 0 aliphatic rings. The van der Waals surface area contributed by atoms with E-state index in [0.717, 1.165) is 5.75 Å². The number of hydrogen-bond donors (Lipinski definition) is 2. The highest BCUT2D eigenvalue weighted by Crippen LogP contribution is 2.19. The topological polar surface area (TPSA) is 58.6 Å². The summed E-state index contributed by atoms with van der Waals surface area (Å²) in [6.07, 6.45) is 0.692. The molecule has 0 aliphatic heterocycles. The van der Waals surface area contributed by atoms with Crippen molar-refractivity contribution >= 4 is 5.91 Å². The predicted molar refractivity (Wildman–Crippen MR) is 79.9 cm³/mol. The van der Waals surface area contributed by atoms with Gasteiger partial charge in [-0.1, -0.05) is 32.9 Å². The van der Waals surface area contributed by atoms with Crippen molar-refractivity contribution in [3.05, 3.63) is 29.8 Å². The van der Waals surface area contributed by atoms with E-state index in [1.165, 1.54) is 5.56 Å². The van der Waals surface area contributed by atoms with Crippen LogP contribution >= 0.6 is 0 Å². The zero-order valence-corrected chi connectivity index (χ0v) is 12.6. The van der Waals surface area contributed by atoms with Crippen LogP contribution in [-0.2, 0) is 4.79 Å². The molecule has 1 aromatic rings. The lowest BCUT2D eigenvalue weighted by Crippen LogP contribution is -2.32. The van der Waals surface area contributed by atoms with Gasteiger partial charge < -0.3 is 15.2 Å². The molecule has 0 bridgehead atoms. The van der Waals surface area contributed by atoms with E-state index >= 15 is 0 Å². The van der Waals surface area contributed by atoms with Gasteiger partial charge in [0.05, 0.1) is 0 Å². The number of aliphatic hydroxyl groups is 1. The van der Waals surface area contributed by atoms with Crippen molar-refractivity contribution in [1.82, 2.24) is 5.32 Å². The van der Waals surface area contributed by atoms with E-state index in [4.69, 9.17) is 9.84 Å². The first-order valence-corrected chi connectivity index (χ1v) is 7.13. The molecule has 1 aromatic carbocycles. The minimum Gasteiger partial charge on any atom is -0.484 e. The Morgan fingerprint density at radius 2 is 2.10 bits per heavy atom. The molecule has 0 saturated carbocycles. The highest BCUT2D eigenvalue weighted by molar-refractivity contribution is 5.77. The summed E-state index contributed by atoms with van der Waals surface area (Å²) in [4.78, 5) is 11.6. The summed E-state index contributed by atoms with van der Waals surface area (Å²) < 4.78 is 5.49. The maximum atomic E-state index is 11.6. The van der Waals surface area contributed by atoms with Gasteiger partial charge in [-0.05, 0) is 36.0 Å². The van der Waals surface area contributed by atoms with Crippen LogP contribution in [-0.4, -0.2) is 30.8 Å². The third-order valence-electron chi connectivity index (χ3n) is 3.16. The molecule has 4 heteroatoms. The second-order valence-corrected chi connectivity index (χ2v) is 5.44. The number of amides is 1. The van der Waals surface area contributed by atoms with Crippen LogP contribution in [0.3, 0.4) is 0 Å². The average molecular weight is 279 g/mol. The molecule has 2 N–H and O–H groups in total. The van der Waals surface area contributed by atoms with Crippen molar-refractivity contribution in [2.75, 3.05) is 19.8 Å². The summed E-state index contributed by atoms with van der Waals surface area (Å²) >= 11 is 0. The van der Waals surface area contributed by atoms with Gasteiger partial charge in [-0.2, -0.15) is 0 Å². The Labute approximate surface area is 121 Å². The molecule has 0 fully saturated rings. The van der Waals surface area contributed by atoms with E-state index in [-0.39, 0.29) is 25.0 Å². The minimum atomic E-state index is -0.135. The smallest absolute Gasteiger partial charge is 0.257 e. The van der Waals surface area contributed by atoms with Gasteiger partial charge in [-0.3, -0.25) is 4.79 Å². The molecule has 0 radical (unpaired) electrons. The van der Waals surface area contributed by atoms with E-state index in [2.05, 4.69) is 19.2 Å². The average Bonchev–Trinajstić information content (AvgIpc) is 2.43. The summed E-state index contributed by atoms with van der Waals surface area (Å²) in [5.41, 5.74) is 1.19. The zero-order chi connectivity index (χ0) is 15.0. The standard InChI is InChI=1S/C16H25NO3/c1-12(2)14-5-4-6-15(9-14)20-11-16(19)17-10-13(3)7-8-18/h4-6,9,12-13,18H,7-8,10-11H2,1-3H3,(H,17,19). The third kappa shape index (κ3) is 6.06. The fourth-order valence-corrected chi connectivity index (χ4v) is 1.77. The molecule has 0 saturated heterocycles. The highest BCUT2D eigenvalue weighted by Gasteiger charge is 2.07. The first kappa shape index (κ1) is 16.5. The predicted octanol–water partition coefficient (Wildman–Crippen LogP) is 2.32. The van der Waals surface area contributed by atoms with E-state index in [1.54, 1.807) is 0 Å². The number of carbonyl (C=O) groups is 1. The second kappa shape index (κ2) is 8.59. The normalized spacial score (nSPS) is 12.2. The fraction of sp³-hybridized carbons (Fsp3) is 0.562. The molecule has 0 aromatic heterocycles. The van der Waals surface area contributed by atoms with Crippen LogP contribution in [0.25, 0.3) is 0 Å². The molecule has 112 valence electrons. The van der Waals surface area contributed by atoms with E-state index in [1.807, 2.05) is 31.2 Å². The zero-order valence-electron chi connectivity index (χ0n) is 12.6. The van der Waals surface area contributed by atoms with Crippen molar-refractivity contribution in [1.29, 1.82) is 0 Å². The minimum absolute atomic E-state index is 0.0212. The Bertz CT molecular complexity index is 418. The first-order chi connectivity index (χ1) is 9.52. The van der Waals surface area contributed by atoms with E-state index in [9.17, 15) is 4.79 Å². The van der Waals surface area contributed by atoms with Crippen LogP contribution in [0.4, 0.5) is 0 Å². The Kier molecular flexibility index (Phi) is 7.09. The van der Waals surface area contributed by atoms with Gasteiger partial charge in [0.15, 0.2) is 6.61 Å². The summed E-state index contributed by atoms with van der Waals surface area (Å²) in [6, 6.07) is 7.81. The first-order valence-electron chi connectivity index (χ1n) is 7.13. The fourth-order valence-electron chi connectivity index (χ4n) is 1.77. The van der Waals surface area contributed by atoms with Crippen LogP contribution in [0, 0.1) is 5.92 Å². The summed E-state index contributed by atoms with van der Waals surface area (Å²) in [6.45, 7) is 6.96. The Balaban J connectivity index is 2.35. The van der Waals surface area contributed by atoms with E-state index < -0.39 is 0 Å². The van der Waals surface area contributed by atoms with Gasteiger partial charge >= 0.3 is 0 Å². The molecule has 0 spiro atoms. The quantitative estimate of drug-likeness (QED) is 0.768. The SMILES string of the molecule is CC(CCO)CNC(=O)COc1cccc(C(C)C)c1. The molecule has 1 rings (SSSR count). The molecule has 0 heterocycles. The van der Waals surface area contributed by atoms with Crippen LogP contribution in [0.1, 0.15) is 38.7 Å². The molecule has 4 nitrogen and oxygen atoms in total. The lowest BCUT2D eigenvalue weighted by Gasteiger charge is -2.12. The van der Waals surface area contributed by atoms with Crippen molar-refractivity contribution in [3.63, 3.8) is 0 Å². The summed E-state index contributed by atoms with van der Waals surface area (Å²) in [5.74, 6) is 1.29. The van der Waals surface area contributed by atoms with Gasteiger partial charge in [-0.15, -0.1) is 0 Å². The number of carbonyl (C=O) groups excluding carboxylic acids is 1. The lowest BCUT2D eigenvalue weighted by atomic mass is 10.0. The summed E-state index contributed by atoms with van der Waals surface area (Å²) in [5, 5.41) is 11.6. The van der Waals surface area contributed by atoms with Gasteiger partial charge in [0.25, 0.3) is 5.91 Å². The number of aliphatic hydroxyl groups excluding tert-OH is 1. The largest absolute Gasteiger partial charge is 0.484 e. The monoisotopic (exact) mass is 279 g/mol. The molecular weight excluding hydrogens is 254 g/mol. The second-order valence-electron chi connectivity index (χ2n) is 5.44. The van der Waals surface area contributed by atoms with Crippen LogP contribution < -0.4 is 10.1 Å². The molecule has 0 aliphatic carbocycles. The summed E-state index contributed by atoms with van der Waals surface area (Å²) in [7, 11) is 0. The Hall–Kier alpha value is -1.55. The molecule has 20 heavy (non-hydrogen) atoms. The van der Waals surface area contributed by atoms with Crippen LogP contribution in [0.2, 0.25) is 0 Å². The molecular formula is C16H25NO3. The van der Waals surface area contributed by atoms with E-state index in [0.29, 0.717) is 18.9 Å². The maximum Gasteiger partial charge on any atom is 0.257 e. The van der Waals surface area contributed by atoms with Gasteiger partial charge in [0, 0.05) is 13.2 Å². The van der Waals surface area contributed by atoms with Crippen LogP contribution in [0.15, 0.2) is 24.3 Å². The maximum absolute atomic E-state index is 11.6. The highest BCUT2D eigenvalue weighted by atomic mass is 16.5. The van der Waals surface area contributed by atoms with Crippen molar-refractivity contribution in [2.45, 2.75) is 33.1 Å². The number of hydrogen-bond acceptors (Lipinski definition) is 3. The number of ether oxygens (including phenoxy) is 1. The molecule has 1 atom stereocenters. The number of benzene rings is 1. The van der Waals surface area contributed by atoms with Gasteiger partial charge in [0.2, 0.25) is 0 Å². The Morgan fingerprint density at radius 3 is 2.75 bits per heavy atom. The van der Waals surface area contributed by atoms with Crippen molar-refractivity contribution in [2.24, 2.45) is 5.92 Å². The lowest BCUT2D eigenvalue weighted by molar-refractivity contribution is -0.123. The third-order valence-corrected chi connectivity index (χ3v) is 3.16. The van der Waals surface area contributed by atoms with Crippen molar-refractivity contribution in [3.8, 4) is 5.75 Å². The number of rotatable bonds is 8. The van der Waals surface area contributed by atoms with Crippen LogP contribution in [0.5, 0.6) is 5.75 Å². The molecule has 1 amide bonds. The number of nitrogens with one attached hydrogen (secondary N) is 1. The molecule has 1 unspecified atom stereocenters. The van der Waals surface area contributed by atoms with Gasteiger partial charge in [-0.25, -0.2) is 0 Å². The van der Waals surface area contributed by atoms with Gasteiger partial charge in [0.1, 0.15) is 5.75 Å². The Morgan fingerprint density at radius 1 is 1.35 bits per heavy atom. The van der Waals surface area contributed by atoms with Crippen molar-refractivity contribution < 1.29 is 14.6 Å².